The molecule has 0 amide bonds. The van der Waals surface area contributed by atoms with Crippen molar-refractivity contribution in [2.24, 2.45) is 0 Å². The summed E-state index contributed by atoms with van der Waals surface area (Å²) in [4.78, 5) is 0. The van der Waals surface area contributed by atoms with Crippen molar-refractivity contribution in [2.75, 3.05) is 0 Å². The van der Waals surface area contributed by atoms with Gasteiger partial charge in [-0.2, -0.15) is 0 Å². The lowest BCUT2D eigenvalue weighted by Crippen LogP contribution is -1.96. The van der Waals surface area contributed by atoms with E-state index in [1.807, 2.05) is 12.2 Å². The van der Waals surface area contributed by atoms with Gasteiger partial charge in [0.2, 0.25) is 0 Å². The van der Waals surface area contributed by atoms with Crippen LogP contribution in [-0.2, 0) is 6.42 Å². The molecule has 1 heterocycles. The van der Waals surface area contributed by atoms with Crippen LogP contribution >= 0.6 is 0 Å². The average molecular weight is 579 g/mol. The number of aryl methyl sites for hydroxylation is 1. The Kier molecular flexibility index (Phi) is 6.61. The molecule has 0 aliphatic heterocycles. The van der Waals surface area contributed by atoms with Crippen molar-refractivity contribution in [1.29, 1.82) is 0 Å². The number of rotatable bonds is 8. The van der Waals surface area contributed by atoms with Crippen molar-refractivity contribution in [3.8, 4) is 33.4 Å². The van der Waals surface area contributed by atoms with Gasteiger partial charge in [0, 0.05) is 10.8 Å². The smallest absolute Gasteiger partial charge is 0.136 e. The molecule has 0 aliphatic rings. The van der Waals surface area contributed by atoms with Crippen LogP contribution < -0.4 is 0 Å². The Morgan fingerprint density at radius 3 is 1.89 bits per heavy atom. The maximum atomic E-state index is 6.41. The summed E-state index contributed by atoms with van der Waals surface area (Å²) in [5.41, 5.74) is 12.6. The topological polar surface area (TPSA) is 13.1 Å². The highest BCUT2D eigenvalue weighted by Crippen LogP contribution is 2.45. The number of fused-ring (bicyclic) bond motifs is 1. The first-order valence-corrected chi connectivity index (χ1v) is 15.9. The molecule has 0 aliphatic carbocycles. The van der Waals surface area contributed by atoms with E-state index in [0.717, 1.165) is 34.3 Å². The molecule has 1 nitrogen and oxygen atoms in total. The molecule has 0 atom stereocenters. The molecule has 0 unspecified atom stereocenters. The molecule has 0 N–H and O–H groups in total. The van der Waals surface area contributed by atoms with E-state index in [2.05, 4.69) is 135 Å². The fraction of sp³-hybridized carbons (Fsp3) is 0.0909. The molecule has 0 saturated heterocycles. The second-order valence-corrected chi connectivity index (χ2v) is 12.0. The van der Waals surface area contributed by atoms with Crippen LogP contribution in [-0.4, -0.2) is 0 Å². The highest BCUT2D eigenvalue weighted by atomic mass is 16.3. The van der Waals surface area contributed by atoms with Crippen LogP contribution in [0.5, 0.6) is 0 Å². The third-order valence-corrected chi connectivity index (χ3v) is 9.37. The Bertz CT molecular complexity index is 2370. The number of hydrogen-bond acceptors (Lipinski definition) is 1. The zero-order valence-electron chi connectivity index (χ0n) is 25.6. The van der Waals surface area contributed by atoms with Gasteiger partial charge < -0.3 is 4.42 Å². The summed E-state index contributed by atoms with van der Waals surface area (Å²) in [6.45, 7) is 10.7. The summed E-state index contributed by atoms with van der Waals surface area (Å²) in [5.74, 6) is 0. The van der Waals surface area contributed by atoms with E-state index in [1.165, 1.54) is 78.5 Å². The fourth-order valence-electron chi connectivity index (χ4n) is 7.31. The standard InChI is InChI=1S/C44H34O/c1-4-7-13-28-26-32-22-23-38-35(24-25-39-44(38)43(32)40(27-28)45-39)29-18-20-31(21-19-29)42-34(6-3)33(5-2)41(30-14-9-8-10-15-30)36-16-11-12-17-37(36)42/h5-6,8-12,14-27H,2-4,7,13H2,1H3. The first-order chi connectivity index (χ1) is 22.2. The van der Waals surface area contributed by atoms with Crippen LogP contribution in [0.1, 0.15) is 36.5 Å². The molecule has 0 bridgehead atoms. The lowest BCUT2D eigenvalue weighted by Gasteiger charge is -2.20. The van der Waals surface area contributed by atoms with Crippen LogP contribution in [0, 0.1) is 0 Å². The van der Waals surface area contributed by atoms with Crippen molar-refractivity contribution in [3.63, 3.8) is 0 Å². The summed E-state index contributed by atoms with van der Waals surface area (Å²) in [5, 5.41) is 7.37. The van der Waals surface area contributed by atoms with Gasteiger partial charge >= 0.3 is 0 Å². The second kappa shape index (κ2) is 10.9. The van der Waals surface area contributed by atoms with Gasteiger partial charge in [0.05, 0.1) is 0 Å². The highest BCUT2D eigenvalue weighted by molar-refractivity contribution is 6.24. The minimum atomic E-state index is 0.955. The zero-order valence-corrected chi connectivity index (χ0v) is 25.6. The Morgan fingerprint density at radius 2 is 1.22 bits per heavy atom. The van der Waals surface area contributed by atoms with Crippen molar-refractivity contribution in [3.05, 3.63) is 145 Å². The van der Waals surface area contributed by atoms with Gasteiger partial charge in [0.25, 0.3) is 0 Å². The first kappa shape index (κ1) is 27.2. The summed E-state index contributed by atoms with van der Waals surface area (Å²) < 4.78 is 6.41. The number of benzene rings is 7. The van der Waals surface area contributed by atoms with Crippen LogP contribution in [0.4, 0.5) is 0 Å². The average Bonchev–Trinajstić information content (AvgIpc) is 3.48. The van der Waals surface area contributed by atoms with E-state index >= 15 is 0 Å². The summed E-state index contributed by atoms with van der Waals surface area (Å²) in [6, 6.07) is 41.7. The summed E-state index contributed by atoms with van der Waals surface area (Å²) in [6.07, 6.45) is 7.43. The SMILES string of the molecule is C=Cc1c(C=C)c(-c2ccc(-c3ccc4oc5cc(CCCC)cc6ccc3c4c65)cc2)c2ccccc2c1-c1ccccc1. The van der Waals surface area contributed by atoms with Crippen LogP contribution in [0.3, 0.4) is 0 Å². The van der Waals surface area contributed by atoms with Crippen LogP contribution in [0.25, 0.3) is 89.0 Å². The molecule has 0 fully saturated rings. The van der Waals surface area contributed by atoms with E-state index in [1.54, 1.807) is 0 Å². The maximum absolute atomic E-state index is 6.41. The van der Waals surface area contributed by atoms with E-state index in [0.29, 0.717) is 0 Å². The van der Waals surface area contributed by atoms with Crippen LogP contribution in [0.2, 0.25) is 0 Å². The zero-order chi connectivity index (χ0) is 30.5. The van der Waals surface area contributed by atoms with Gasteiger partial charge in [-0.15, -0.1) is 0 Å². The Balaban J connectivity index is 1.28. The molecule has 0 radical (unpaired) electrons. The molecular weight excluding hydrogens is 544 g/mol. The van der Waals surface area contributed by atoms with Gasteiger partial charge in [0.1, 0.15) is 11.2 Å². The molecule has 216 valence electrons. The normalized spacial score (nSPS) is 11.7. The van der Waals surface area contributed by atoms with Crippen LogP contribution in [0.15, 0.2) is 133 Å². The number of unbranched alkanes of at least 4 members (excludes halogenated alkanes) is 1. The Morgan fingerprint density at radius 1 is 0.578 bits per heavy atom. The Hall–Kier alpha value is -5.40. The molecular formula is C44H34O. The molecule has 8 rings (SSSR count). The Labute approximate surface area is 264 Å². The van der Waals surface area contributed by atoms with Crippen molar-refractivity contribution in [1.82, 2.24) is 0 Å². The molecule has 1 heteroatoms. The molecule has 0 spiro atoms. The van der Waals surface area contributed by atoms with Gasteiger partial charge in [0.15, 0.2) is 0 Å². The largest absolute Gasteiger partial charge is 0.456 e. The monoisotopic (exact) mass is 578 g/mol. The summed E-state index contributed by atoms with van der Waals surface area (Å²) in [7, 11) is 0. The van der Waals surface area contributed by atoms with Gasteiger partial charge in [-0.3, -0.25) is 0 Å². The minimum Gasteiger partial charge on any atom is -0.456 e. The first-order valence-electron chi connectivity index (χ1n) is 15.9. The molecule has 7 aromatic carbocycles. The van der Waals surface area contributed by atoms with Crippen molar-refractivity contribution < 1.29 is 4.42 Å². The second-order valence-electron chi connectivity index (χ2n) is 12.0. The van der Waals surface area contributed by atoms with E-state index in [4.69, 9.17) is 4.42 Å². The lowest BCUT2D eigenvalue weighted by molar-refractivity contribution is 0.668. The van der Waals surface area contributed by atoms with Gasteiger partial charge in [-0.05, 0) is 96.6 Å². The third kappa shape index (κ3) is 4.30. The summed E-state index contributed by atoms with van der Waals surface area (Å²) >= 11 is 0. The predicted molar refractivity (Wildman–Crippen MR) is 195 cm³/mol. The molecule has 1 aromatic heterocycles. The van der Waals surface area contributed by atoms with E-state index in [-0.39, 0.29) is 0 Å². The van der Waals surface area contributed by atoms with Crippen molar-refractivity contribution >= 4 is 55.6 Å². The highest BCUT2D eigenvalue weighted by Gasteiger charge is 2.20. The molecule has 0 saturated carbocycles. The predicted octanol–water partition coefficient (Wildman–Crippen LogP) is 13.0. The quantitative estimate of drug-likeness (QED) is 0.163. The van der Waals surface area contributed by atoms with Crippen molar-refractivity contribution in [2.45, 2.75) is 26.2 Å². The minimum absolute atomic E-state index is 0.955. The van der Waals surface area contributed by atoms with E-state index < -0.39 is 0 Å². The lowest BCUT2D eigenvalue weighted by atomic mass is 9.83. The number of furan rings is 1. The van der Waals surface area contributed by atoms with E-state index in [9.17, 15) is 0 Å². The fourth-order valence-corrected chi connectivity index (χ4v) is 7.31. The molecule has 8 aromatic rings. The maximum Gasteiger partial charge on any atom is 0.136 e. The number of hydrogen-bond donors (Lipinski definition) is 0. The third-order valence-electron chi connectivity index (χ3n) is 9.37. The molecule has 45 heavy (non-hydrogen) atoms. The van der Waals surface area contributed by atoms with Gasteiger partial charge in [-0.25, -0.2) is 0 Å². The van der Waals surface area contributed by atoms with Gasteiger partial charge in [-0.1, -0.05) is 142 Å².